The van der Waals surface area contributed by atoms with Gasteiger partial charge in [-0.25, -0.2) is 9.59 Å². The normalized spacial score (nSPS) is 10.3. The molecule has 0 fully saturated rings. The van der Waals surface area contributed by atoms with Crippen LogP contribution in [0.15, 0.2) is 18.2 Å². The van der Waals surface area contributed by atoms with E-state index in [1.165, 1.54) is 23.1 Å². The molecule has 0 saturated carbocycles. The van der Waals surface area contributed by atoms with Crippen molar-refractivity contribution in [2.45, 2.75) is 19.9 Å². The number of benzene rings is 1. The van der Waals surface area contributed by atoms with E-state index in [2.05, 4.69) is 5.32 Å². The number of urea groups is 1. The second-order valence-corrected chi connectivity index (χ2v) is 4.54. The minimum absolute atomic E-state index is 0.00637. The zero-order valence-corrected chi connectivity index (χ0v) is 11.2. The largest absolute Gasteiger partial charge is 0.478 e. The van der Waals surface area contributed by atoms with Crippen LogP contribution < -0.4 is 5.32 Å². The van der Waals surface area contributed by atoms with Gasteiger partial charge in [-0.1, -0.05) is 11.6 Å². The van der Waals surface area contributed by atoms with Crippen LogP contribution in [0.2, 0.25) is 5.02 Å². The first-order valence-electron chi connectivity index (χ1n) is 5.39. The molecule has 1 aromatic rings. The van der Waals surface area contributed by atoms with Crippen molar-refractivity contribution in [3.63, 3.8) is 0 Å². The van der Waals surface area contributed by atoms with Crippen LogP contribution in [0.5, 0.6) is 0 Å². The Kier molecular flexibility index (Phi) is 4.55. The standard InChI is InChI=1S/C12H15ClN2O3/c1-7(2)15(3)12(18)14-8-4-5-9(11(16)17)10(13)6-8/h4-7H,1-3H3,(H,14,18)(H,16,17). The van der Waals surface area contributed by atoms with Gasteiger partial charge in [-0.05, 0) is 32.0 Å². The summed E-state index contributed by atoms with van der Waals surface area (Å²) in [6, 6.07) is 4.07. The molecule has 0 bridgehead atoms. The molecule has 2 N–H and O–H groups in total. The number of aromatic carboxylic acids is 1. The fraction of sp³-hybridized carbons (Fsp3) is 0.333. The zero-order chi connectivity index (χ0) is 13.9. The zero-order valence-electron chi connectivity index (χ0n) is 10.4. The van der Waals surface area contributed by atoms with E-state index in [4.69, 9.17) is 16.7 Å². The van der Waals surface area contributed by atoms with Gasteiger partial charge in [0.05, 0.1) is 10.6 Å². The number of amides is 2. The van der Waals surface area contributed by atoms with Crippen LogP contribution in [0.25, 0.3) is 0 Å². The highest BCUT2D eigenvalue weighted by Gasteiger charge is 2.13. The number of nitrogens with one attached hydrogen (secondary N) is 1. The third kappa shape index (κ3) is 3.37. The van der Waals surface area contributed by atoms with Gasteiger partial charge < -0.3 is 15.3 Å². The minimum Gasteiger partial charge on any atom is -0.478 e. The van der Waals surface area contributed by atoms with Gasteiger partial charge in [0.2, 0.25) is 0 Å². The van der Waals surface area contributed by atoms with Gasteiger partial charge in [0, 0.05) is 18.8 Å². The van der Waals surface area contributed by atoms with E-state index in [9.17, 15) is 9.59 Å². The van der Waals surface area contributed by atoms with E-state index in [0.717, 1.165) is 0 Å². The fourth-order valence-electron chi connectivity index (χ4n) is 1.21. The maximum atomic E-state index is 11.7. The van der Waals surface area contributed by atoms with Crippen molar-refractivity contribution in [3.8, 4) is 0 Å². The molecule has 0 spiro atoms. The molecule has 98 valence electrons. The number of rotatable bonds is 3. The number of hydrogen-bond donors (Lipinski definition) is 2. The van der Waals surface area contributed by atoms with Gasteiger partial charge >= 0.3 is 12.0 Å². The SMILES string of the molecule is CC(C)N(C)C(=O)Nc1ccc(C(=O)O)c(Cl)c1. The molecular weight excluding hydrogens is 256 g/mol. The van der Waals surface area contributed by atoms with E-state index in [0.29, 0.717) is 5.69 Å². The third-order valence-corrected chi connectivity index (χ3v) is 2.86. The van der Waals surface area contributed by atoms with Gasteiger partial charge in [0.25, 0.3) is 0 Å². The van der Waals surface area contributed by atoms with Gasteiger partial charge in [-0.15, -0.1) is 0 Å². The molecule has 0 aliphatic rings. The van der Waals surface area contributed by atoms with Crippen LogP contribution in [-0.4, -0.2) is 35.1 Å². The van der Waals surface area contributed by atoms with Crippen LogP contribution >= 0.6 is 11.6 Å². The minimum atomic E-state index is -1.10. The number of anilines is 1. The second kappa shape index (κ2) is 5.73. The molecule has 0 saturated heterocycles. The second-order valence-electron chi connectivity index (χ2n) is 4.13. The van der Waals surface area contributed by atoms with Gasteiger partial charge in [-0.3, -0.25) is 0 Å². The van der Waals surface area contributed by atoms with Crippen molar-refractivity contribution in [2.75, 3.05) is 12.4 Å². The smallest absolute Gasteiger partial charge is 0.337 e. The molecule has 0 radical (unpaired) electrons. The molecule has 6 heteroatoms. The Hall–Kier alpha value is -1.75. The predicted molar refractivity (Wildman–Crippen MR) is 70.3 cm³/mol. The highest BCUT2D eigenvalue weighted by atomic mass is 35.5. The van der Waals surface area contributed by atoms with Crippen molar-refractivity contribution < 1.29 is 14.7 Å². The topological polar surface area (TPSA) is 69.6 Å². The van der Waals surface area contributed by atoms with E-state index in [1.807, 2.05) is 13.8 Å². The number of nitrogens with zero attached hydrogens (tertiary/aromatic N) is 1. The first-order chi connectivity index (χ1) is 8.32. The summed E-state index contributed by atoms with van der Waals surface area (Å²) >= 11 is 5.80. The summed E-state index contributed by atoms with van der Waals surface area (Å²) in [5, 5.41) is 11.5. The first-order valence-corrected chi connectivity index (χ1v) is 5.77. The monoisotopic (exact) mass is 270 g/mol. The number of carboxylic acids is 1. The molecule has 1 aromatic carbocycles. The summed E-state index contributed by atoms with van der Waals surface area (Å²) in [4.78, 5) is 24.0. The lowest BCUT2D eigenvalue weighted by atomic mass is 10.2. The molecule has 0 aromatic heterocycles. The Labute approximate surface area is 110 Å². The van der Waals surface area contributed by atoms with Crippen molar-refractivity contribution in [2.24, 2.45) is 0 Å². The van der Waals surface area contributed by atoms with E-state index >= 15 is 0 Å². The van der Waals surface area contributed by atoms with Crippen LogP contribution in [0.1, 0.15) is 24.2 Å². The molecule has 5 nitrogen and oxygen atoms in total. The number of carbonyl (C=O) groups excluding carboxylic acids is 1. The lowest BCUT2D eigenvalue weighted by Gasteiger charge is -2.21. The Morgan fingerprint density at radius 1 is 1.39 bits per heavy atom. The molecule has 0 aliphatic carbocycles. The Morgan fingerprint density at radius 2 is 2.00 bits per heavy atom. The van der Waals surface area contributed by atoms with Crippen molar-refractivity contribution in [3.05, 3.63) is 28.8 Å². The molecular formula is C12H15ClN2O3. The van der Waals surface area contributed by atoms with Crippen LogP contribution in [-0.2, 0) is 0 Å². The number of carboxylic acid groups (broad SMARTS) is 1. The highest BCUT2D eigenvalue weighted by Crippen LogP contribution is 2.21. The Balaban J connectivity index is 2.84. The average Bonchev–Trinajstić information content (AvgIpc) is 2.27. The highest BCUT2D eigenvalue weighted by molar-refractivity contribution is 6.33. The summed E-state index contributed by atoms with van der Waals surface area (Å²) in [6.07, 6.45) is 0. The maximum absolute atomic E-state index is 11.7. The van der Waals surface area contributed by atoms with Gasteiger partial charge in [0.15, 0.2) is 0 Å². The molecule has 0 atom stereocenters. The number of hydrogen-bond acceptors (Lipinski definition) is 2. The Morgan fingerprint density at radius 3 is 2.44 bits per heavy atom. The quantitative estimate of drug-likeness (QED) is 0.887. The molecule has 1 rings (SSSR count). The molecule has 0 heterocycles. The average molecular weight is 271 g/mol. The van der Waals surface area contributed by atoms with Crippen molar-refractivity contribution in [1.82, 2.24) is 4.90 Å². The lowest BCUT2D eigenvalue weighted by Crippen LogP contribution is -2.36. The van der Waals surface area contributed by atoms with Crippen molar-refractivity contribution in [1.29, 1.82) is 0 Å². The summed E-state index contributed by atoms with van der Waals surface area (Å²) in [6.45, 7) is 3.78. The van der Waals surface area contributed by atoms with E-state index in [1.54, 1.807) is 7.05 Å². The van der Waals surface area contributed by atoms with E-state index < -0.39 is 5.97 Å². The molecule has 18 heavy (non-hydrogen) atoms. The molecule has 2 amide bonds. The Bertz CT molecular complexity index is 474. The lowest BCUT2D eigenvalue weighted by molar-refractivity contribution is 0.0697. The summed E-state index contributed by atoms with van der Waals surface area (Å²) in [5.74, 6) is -1.10. The van der Waals surface area contributed by atoms with E-state index in [-0.39, 0.29) is 22.7 Å². The predicted octanol–water partition coefficient (Wildman–Crippen LogP) is 2.91. The van der Waals surface area contributed by atoms with Crippen molar-refractivity contribution >= 4 is 29.3 Å². The number of carbonyl (C=O) groups is 2. The first kappa shape index (κ1) is 14.3. The third-order valence-electron chi connectivity index (χ3n) is 2.55. The van der Waals surface area contributed by atoms with Crippen LogP contribution in [0, 0.1) is 0 Å². The van der Waals surface area contributed by atoms with Crippen LogP contribution in [0.3, 0.4) is 0 Å². The van der Waals surface area contributed by atoms with Gasteiger partial charge in [0.1, 0.15) is 0 Å². The summed E-state index contributed by atoms with van der Waals surface area (Å²) in [5.41, 5.74) is 0.467. The summed E-state index contributed by atoms with van der Waals surface area (Å²) in [7, 11) is 1.67. The van der Waals surface area contributed by atoms with Gasteiger partial charge in [-0.2, -0.15) is 0 Å². The van der Waals surface area contributed by atoms with Crippen LogP contribution in [0.4, 0.5) is 10.5 Å². The molecule has 0 unspecified atom stereocenters. The summed E-state index contributed by atoms with van der Waals surface area (Å²) < 4.78 is 0. The fourth-order valence-corrected chi connectivity index (χ4v) is 1.47. The maximum Gasteiger partial charge on any atom is 0.337 e. The number of halogens is 1. The molecule has 0 aliphatic heterocycles.